The predicted octanol–water partition coefficient (Wildman–Crippen LogP) is 14.4. The van der Waals surface area contributed by atoms with Gasteiger partial charge in [-0.2, -0.15) is 0 Å². The van der Waals surface area contributed by atoms with E-state index in [0.29, 0.717) is 0 Å². The van der Waals surface area contributed by atoms with Gasteiger partial charge in [0.1, 0.15) is 5.58 Å². The quantitative estimate of drug-likeness (QED) is 0.175. The van der Waals surface area contributed by atoms with E-state index in [1.807, 2.05) is 6.07 Å². The van der Waals surface area contributed by atoms with Crippen LogP contribution < -0.4 is 4.90 Å². The number of furan rings is 1. The summed E-state index contributed by atoms with van der Waals surface area (Å²) >= 11 is 0. The van der Waals surface area contributed by atoms with Crippen LogP contribution in [0.25, 0.3) is 55.3 Å². The Morgan fingerprint density at radius 2 is 1.04 bits per heavy atom. The van der Waals surface area contributed by atoms with Gasteiger partial charge in [0.25, 0.3) is 0 Å². The molecule has 0 saturated carbocycles. The number of rotatable bonds is 6. The lowest BCUT2D eigenvalue weighted by molar-refractivity contribution is 0.332. The van der Waals surface area contributed by atoms with Crippen LogP contribution in [0.5, 0.6) is 0 Å². The first-order valence-corrected chi connectivity index (χ1v) is 18.5. The van der Waals surface area contributed by atoms with Gasteiger partial charge >= 0.3 is 0 Å². The van der Waals surface area contributed by atoms with Gasteiger partial charge < -0.3 is 9.32 Å². The number of hydrogen-bond acceptors (Lipinski definition) is 2. The molecule has 1 heterocycles. The smallest absolute Gasteiger partial charge is 0.159 e. The van der Waals surface area contributed by atoms with Crippen molar-refractivity contribution in [2.75, 3.05) is 4.90 Å². The highest BCUT2D eigenvalue weighted by Crippen LogP contribution is 2.51. The van der Waals surface area contributed by atoms with Gasteiger partial charge in [0.05, 0.1) is 11.4 Å². The Kier molecular flexibility index (Phi) is 7.66. The van der Waals surface area contributed by atoms with Gasteiger partial charge in [-0.25, -0.2) is 0 Å². The van der Waals surface area contributed by atoms with E-state index in [9.17, 15) is 0 Å². The number of fused-ring (bicyclic) bond motifs is 4. The molecule has 0 bridgehead atoms. The highest BCUT2D eigenvalue weighted by molar-refractivity contribution is 6.11. The zero-order chi connectivity index (χ0) is 35.5. The summed E-state index contributed by atoms with van der Waals surface area (Å²) in [5.41, 5.74) is 15.3. The molecule has 0 N–H and O–H groups in total. The summed E-state index contributed by atoms with van der Waals surface area (Å²) in [5.74, 6) is 0. The second-order valence-electron chi connectivity index (χ2n) is 15.6. The summed E-state index contributed by atoms with van der Waals surface area (Å²) in [4.78, 5) is 2.40. The lowest BCUT2D eigenvalue weighted by Gasteiger charge is -2.42. The maximum Gasteiger partial charge on any atom is 0.159 e. The zero-order valence-electron chi connectivity index (χ0n) is 30.4. The molecule has 0 unspecified atom stereocenters. The van der Waals surface area contributed by atoms with Gasteiger partial charge in [-0.3, -0.25) is 0 Å². The van der Waals surface area contributed by atoms with Crippen molar-refractivity contribution in [1.29, 1.82) is 0 Å². The Morgan fingerprint density at radius 3 is 1.79 bits per heavy atom. The van der Waals surface area contributed by atoms with Crippen LogP contribution in [0.15, 0.2) is 168 Å². The van der Waals surface area contributed by atoms with Crippen LogP contribution in [0.4, 0.5) is 17.1 Å². The molecule has 9 rings (SSSR count). The average Bonchev–Trinajstić information content (AvgIpc) is 3.57. The molecule has 0 fully saturated rings. The van der Waals surface area contributed by atoms with Gasteiger partial charge in [0.2, 0.25) is 0 Å². The van der Waals surface area contributed by atoms with Gasteiger partial charge in [-0.1, -0.05) is 161 Å². The molecule has 8 aromatic rings. The maximum atomic E-state index is 6.72. The second kappa shape index (κ2) is 12.4. The fourth-order valence-corrected chi connectivity index (χ4v) is 8.38. The topological polar surface area (TPSA) is 16.4 Å². The Labute approximate surface area is 307 Å². The minimum Gasteiger partial charge on any atom is -0.454 e. The molecule has 0 amide bonds. The fraction of sp³-hybridized carbons (Fsp3) is 0.160. The molecule has 2 heteroatoms. The lowest BCUT2D eigenvalue weighted by Crippen LogP contribution is -2.33. The van der Waals surface area contributed by atoms with Crippen molar-refractivity contribution in [3.63, 3.8) is 0 Å². The molecular weight excluding hydrogens is 631 g/mol. The third-order valence-electron chi connectivity index (χ3n) is 11.4. The Morgan fingerprint density at radius 1 is 0.462 bits per heavy atom. The Bertz CT molecular complexity index is 2560. The highest BCUT2D eigenvalue weighted by Gasteiger charge is 2.37. The van der Waals surface area contributed by atoms with E-state index in [0.717, 1.165) is 39.0 Å². The normalized spacial score (nSPS) is 14.7. The van der Waals surface area contributed by atoms with E-state index >= 15 is 0 Å². The van der Waals surface area contributed by atoms with Gasteiger partial charge in [0.15, 0.2) is 5.58 Å². The predicted molar refractivity (Wildman–Crippen MR) is 220 cm³/mol. The third kappa shape index (κ3) is 5.42. The van der Waals surface area contributed by atoms with Crippen molar-refractivity contribution in [1.82, 2.24) is 0 Å². The molecule has 0 saturated heterocycles. The molecule has 1 aromatic heterocycles. The average molecular weight is 674 g/mol. The number of nitrogens with zero attached hydrogens (tertiary/aromatic N) is 1. The van der Waals surface area contributed by atoms with Crippen molar-refractivity contribution in [2.45, 2.75) is 51.4 Å². The van der Waals surface area contributed by atoms with E-state index in [4.69, 9.17) is 4.42 Å². The zero-order valence-corrected chi connectivity index (χ0v) is 30.4. The van der Waals surface area contributed by atoms with Crippen molar-refractivity contribution >= 4 is 39.0 Å². The number of hydrogen-bond donors (Lipinski definition) is 0. The van der Waals surface area contributed by atoms with E-state index < -0.39 is 0 Å². The van der Waals surface area contributed by atoms with E-state index in [-0.39, 0.29) is 10.8 Å². The molecule has 2 nitrogen and oxygen atoms in total. The minimum atomic E-state index is 0.106. The highest BCUT2D eigenvalue weighted by atomic mass is 16.3. The molecule has 0 atom stereocenters. The van der Waals surface area contributed by atoms with Crippen LogP contribution in [-0.4, -0.2) is 0 Å². The van der Waals surface area contributed by atoms with Crippen molar-refractivity contribution in [3.05, 3.63) is 175 Å². The van der Waals surface area contributed by atoms with E-state index in [2.05, 4.69) is 190 Å². The standard InChI is InChI=1S/C50H43NO/c1-49(2)31-32-50(3,4)43-33-37(27-30-42(43)49)39-20-13-22-44(47(39)36-17-9-6-10-18-36)51(38-28-25-35(26-29-38)34-15-7-5-8-16-34)45-23-14-21-41-40-19-11-12-24-46(40)52-48(41)45/h5-30,33H,31-32H2,1-4H3. The lowest BCUT2D eigenvalue weighted by atomic mass is 9.63. The summed E-state index contributed by atoms with van der Waals surface area (Å²) < 4.78 is 6.72. The number of anilines is 3. The van der Waals surface area contributed by atoms with Crippen LogP contribution >= 0.6 is 0 Å². The van der Waals surface area contributed by atoms with Crippen LogP contribution in [0, 0.1) is 0 Å². The number of benzene rings is 7. The van der Waals surface area contributed by atoms with Crippen LogP contribution in [-0.2, 0) is 10.8 Å². The SMILES string of the molecule is CC1(C)CCC(C)(C)c2cc(-c3cccc(N(c4ccc(-c5ccccc5)cc4)c4cccc5c4oc4ccccc45)c3-c3ccccc3)ccc21. The van der Waals surface area contributed by atoms with E-state index in [1.165, 1.54) is 57.3 Å². The second-order valence-corrected chi connectivity index (χ2v) is 15.6. The van der Waals surface area contributed by atoms with Crippen LogP contribution in [0.1, 0.15) is 51.7 Å². The monoisotopic (exact) mass is 673 g/mol. The minimum absolute atomic E-state index is 0.106. The molecule has 1 aliphatic rings. The molecule has 0 aliphatic heterocycles. The van der Waals surface area contributed by atoms with Crippen LogP contribution in [0.2, 0.25) is 0 Å². The maximum absolute atomic E-state index is 6.72. The first-order valence-electron chi connectivity index (χ1n) is 18.5. The summed E-state index contributed by atoms with van der Waals surface area (Å²) in [6.45, 7) is 9.62. The molecule has 1 aliphatic carbocycles. The molecular formula is C50H43NO. The Hall–Kier alpha value is -5.86. The fourth-order valence-electron chi connectivity index (χ4n) is 8.38. The molecule has 254 valence electrons. The van der Waals surface area contributed by atoms with Gasteiger partial charge in [-0.05, 0) is 92.9 Å². The van der Waals surface area contributed by atoms with Gasteiger partial charge in [0, 0.05) is 22.0 Å². The van der Waals surface area contributed by atoms with E-state index in [1.54, 1.807) is 0 Å². The molecule has 0 spiro atoms. The summed E-state index contributed by atoms with van der Waals surface area (Å²) in [7, 11) is 0. The summed E-state index contributed by atoms with van der Waals surface area (Å²) in [6, 6.07) is 59.3. The Balaban J connectivity index is 1.32. The third-order valence-corrected chi connectivity index (χ3v) is 11.4. The first kappa shape index (κ1) is 32.1. The molecule has 0 radical (unpaired) electrons. The summed E-state index contributed by atoms with van der Waals surface area (Å²) in [5, 5.41) is 2.23. The molecule has 52 heavy (non-hydrogen) atoms. The molecule has 7 aromatic carbocycles. The van der Waals surface area contributed by atoms with Gasteiger partial charge in [-0.15, -0.1) is 0 Å². The first-order chi connectivity index (χ1) is 25.3. The summed E-state index contributed by atoms with van der Waals surface area (Å²) in [6.07, 6.45) is 2.37. The van der Waals surface area contributed by atoms with Crippen molar-refractivity contribution < 1.29 is 4.42 Å². The largest absolute Gasteiger partial charge is 0.454 e. The van der Waals surface area contributed by atoms with Crippen molar-refractivity contribution in [3.8, 4) is 33.4 Å². The van der Waals surface area contributed by atoms with Crippen molar-refractivity contribution in [2.24, 2.45) is 0 Å². The van der Waals surface area contributed by atoms with Crippen LogP contribution in [0.3, 0.4) is 0 Å². The number of para-hydroxylation sites is 2.